The highest BCUT2D eigenvalue weighted by Gasteiger charge is 2.35. The van der Waals surface area contributed by atoms with E-state index < -0.39 is 29.5 Å². The fraction of sp³-hybridized carbons (Fsp3) is 0.269. The van der Waals surface area contributed by atoms with E-state index in [1.807, 2.05) is 0 Å². The zero-order valence-electron chi connectivity index (χ0n) is 18.1. The predicted molar refractivity (Wildman–Crippen MR) is 122 cm³/mol. The topological polar surface area (TPSA) is 62.3 Å². The van der Waals surface area contributed by atoms with Gasteiger partial charge in [-0.2, -0.15) is 0 Å². The molecule has 1 saturated carbocycles. The number of hydrogen-bond donors (Lipinski definition) is 1. The number of carbonyl (C=O) groups is 2. The maximum Gasteiger partial charge on any atom is 0.277 e. The molecule has 7 heteroatoms. The highest BCUT2D eigenvalue weighted by Crippen LogP contribution is 2.31. The first-order chi connectivity index (χ1) is 16.0. The number of nitrogens with zero attached hydrogens (tertiary/aromatic N) is 2. The van der Waals surface area contributed by atoms with E-state index in [1.165, 1.54) is 59.6 Å². The Morgan fingerprint density at radius 2 is 1.67 bits per heavy atom. The number of carbonyl (C=O) groups excluding carboxylic acids is 2. The van der Waals surface area contributed by atoms with Crippen LogP contribution in [0.1, 0.15) is 54.2 Å². The minimum atomic E-state index is -1.14. The number of nitrogens with one attached hydrogen (secondary N) is 1. The van der Waals surface area contributed by atoms with Crippen molar-refractivity contribution in [1.82, 2.24) is 10.3 Å². The number of rotatable bonds is 6. The van der Waals surface area contributed by atoms with E-state index in [1.54, 1.807) is 18.2 Å². The van der Waals surface area contributed by atoms with E-state index in [-0.39, 0.29) is 17.4 Å². The van der Waals surface area contributed by atoms with Crippen LogP contribution in [0.2, 0.25) is 0 Å². The Balaban J connectivity index is 1.80. The summed E-state index contributed by atoms with van der Waals surface area (Å²) in [6.07, 6.45) is 6.36. The van der Waals surface area contributed by atoms with Gasteiger partial charge in [0.15, 0.2) is 0 Å². The van der Waals surface area contributed by atoms with E-state index in [9.17, 15) is 18.4 Å². The average Bonchev–Trinajstić information content (AvgIpc) is 2.84. The maximum atomic E-state index is 14.2. The van der Waals surface area contributed by atoms with Gasteiger partial charge < -0.3 is 5.32 Å². The molecular weight excluding hydrogens is 424 g/mol. The maximum absolute atomic E-state index is 14.2. The van der Waals surface area contributed by atoms with Gasteiger partial charge >= 0.3 is 0 Å². The van der Waals surface area contributed by atoms with Crippen molar-refractivity contribution >= 4 is 17.5 Å². The third-order valence-corrected chi connectivity index (χ3v) is 5.83. The van der Waals surface area contributed by atoms with Crippen molar-refractivity contribution in [3.05, 3.63) is 95.8 Å². The SMILES string of the molecule is O=C(NC1CCCCC1)[C@@H](c1ccc(F)cc1)N(C(=O)c1ccccn1)c1cccc(F)c1. The van der Waals surface area contributed by atoms with Gasteiger partial charge in [-0.1, -0.05) is 43.5 Å². The Morgan fingerprint density at radius 3 is 2.33 bits per heavy atom. The molecule has 33 heavy (non-hydrogen) atoms. The number of halogens is 2. The van der Waals surface area contributed by atoms with Crippen LogP contribution in [-0.4, -0.2) is 22.8 Å². The molecule has 0 bridgehead atoms. The molecule has 2 amide bonds. The molecule has 1 aromatic heterocycles. The van der Waals surface area contributed by atoms with Crippen LogP contribution in [-0.2, 0) is 4.79 Å². The van der Waals surface area contributed by atoms with E-state index in [2.05, 4.69) is 10.3 Å². The molecule has 0 saturated heterocycles. The molecule has 0 aliphatic heterocycles. The van der Waals surface area contributed by atoms with Crippen molar-refractivity contribution < 1.29 is 18.4 Å². The van der Waals surface area contributed by atoms with Crippen molar-refractivity contribution in [3.8, 4) is 0 Å². The number of pyridine rings is 1. The lowest BCUT2D eigenvalue weighted by Gasteiger charge is -2.33. The first kappa shape index (κ1) is 22.6. The Morgan fingerprint density at radius 1 is 0.909 bits per heavy atom. The zero-order valence-corrected chi connectivity index (χ0v) is 18.1. The van der Waals surface area contributed by atoms with Crippen LogP contribution in [0, 0.1) is 11.6 Å². The van der Waals surface area contributed by atoms with E-state index >= 15 is 0 Å². The summed E-state index contributed by atoms with van der Waals surface area (Å²) >= 11 is 0. The molecule has 2 aromatic carbocycles. The Bertz CT molecular complexity index is 1100. The van der Waals surface area contributed by atoms with Gasteiger partial charge in [-0.25, -0.2) is 8.78 Å². The number of hydrogen-bond acceptors (Lipinski definition) is 3. The normalized spacial score (nSPS) is 15.0. The highest BCUT2D eigenvalue weighted by atomic mass is 19.1. The summed E-state index contributed by atoms with van der Waals surface area (Å²) < 4.78 is 27.9. The van der Waals surface area contributed by atoms with Crippen LogP contribution in [0.5, 0.6) is 0 Å². The summed E-state index contributed by atoms with van der Waals surface area (Å²) in [5.74, 6) is -1.97. The molecule has 5 nitrogen and oxygen atoms in total. The van der Waals surface area contributed by atoms with Gasteiger partial charge in [0.05, 0.1) is 0 Å². The standard InChI is InChI=1S/C26H25F2N3O2/c27-19-14-12-18(13-15-19)24(25(32)30-21-8-2-1-3-9-21)31(22-10-6-7-20(28)17-22)26(33)23-11-4-5-16-29-23/h4-7,10-17,21,24H,1-3,8-9H2,(H,30,32)/t24-/m1/s1. The smallest absolute Gasteiger partial charge is 0.277 e. The number of benzene rings is 2. The lowest BCUT2D eigenvalue weighted by Crippen LogP contribution is -2.47. The van der Waals surface area contributed by atoms with Gasteiger partial charge in [-0.05, 0) is 60.9 Å². The third-order valence-electron chi connectivity index (χ3n) is 5.83. The van der Waals surface area contributed by atoms with Crippen LogP contribution in [0.4, 0.5) is 14.5 Å². The Labute approximate surface area is 191 Å². The van der Waals surface area contributed by atoms with E-state index in [4.69, 9.17) is 0 Å². The second-order valence-corrected chi connectivity index (χ2v) is 8.17. The molecule has 1 aliphatic rings. The van der Waals surface area contributed by atoms with Crippen molar-refractivity contribution in [2.45, 2.75) is 44.2 Å². The van der Waals surface area contributed by atoms with E-state index in [0.717, 1.165) is 32.1 Å². The molecule has 3 aromatic rings. The summed E-state index contributed by atoms with van der Waals surface area (Å²) in [7, 11) is 0. The molecule has 0 spiro atoms. The van der Waals surface area contributed by atoms with Gasteiger partial charge in [0, 0.05) is 17.9 Å². The van der Waals surface area contributed by atoms with Crippen molar-refractivity contribution in [2.24, 2.45) is 0 Å². The summed E-state index contributed by atoms with van der Waals surface area (Å²) in [4.78, 5) is 32.6. The zero-order chi connectivity index (χ0) is 23.2. The number of anilines is 1. The summed E-state index contributed by atoms with van der Waals surface area (Å²) in [5, 5.41) is 3.06. The van der Waals surface area contributed by atoms with Crippen LogP contribution in [0.15, 0.2) is 72.9 Å². The minimum absolute atomic E-state index is 0.00601. The fourth-order valence-corrected chi connectivity index (χ4v) is 4.21. The minimum Gasteiger partial charge on any atom is -0.351 e. The molecular formula is C26H25F2N3O2. The van der Waals surface area contributed by atoms with Crippen LogP contribution in [0.25, 0.3) is 0 Å². The first-order valence-electron chi connectivity index (χ1n) is 11.1. The van der Waals surface area contributed by atoms with Crippen molar-refractivity contribution in [1.29, 1.82) is 0 Å². The molecule has 1 fully saturated rings. The second kappa shape index (κ2) is 10.3. The number of amides is 2. The summed E-state index contributed by atoms with van der Waals surface area (Å²) in [6.45, 7) is 0. The summed E-state index contributed by atoms with van der Waals surface area (Å²) in [6, 6.07) is 14.7. The fourth-order valence-electron chi connectivity index (χ4n) is 4.21. The van der Waals surface area contributed by atoms with Crippen LogP contribution < -0.4 is 10.2 Å². The van der Waals surface area contributed by atoms with Gasteiger partial charge in [-0.15, -0.1) is 0 Å². The monoisotopic (exact) mass is 449 g/mol. The quantitative estimate of drug-likeness (QED) is 0.563. The molecule has 170 valence electrons. The lowest BCUT2D eigenvalue weighted by atomic mass is 9.94. The van der Waals surface area contributed by atoms with Crippen LogP contribution in [0.3, 0.4) is 0 Å². The summed E-state index contributed by atoms with van der Waals surface area (Å²) in [5.41, 5.74) is 0.733. The van der Waals surface area contributed by atoms with Gasteiger partial charge in [0.1, 0.15) is 23.4 Å². The molecule has 1 aliphatic carbocycles. The molecule has 1 heterocycles. The van der Waals surface area contributed by atoms with Crippen molar-refractivity contribution in [3.63, 3.8) is 0 Å². The van der Waals surface area contributed by atoms with Gasteiger partial charge in [-0.3, -0.25) is 19.5 Å². The third kappa shape index (κ3) is 5.42. The highest BCUT2D eigenvalue weighted by molar-refractivity contribution is 6.09. The lowest BCUT2D eigenvalue weighted by molar-refractivity contribution is -0.123. The van der Waals surface area contributed by atoms with E-state index in [0.29, 0.717) is 5.56 Å². The average molecular weight is 450 g/mol. The molecule has 0 unspecified atom stereocenters. The first-order valence-corrected chi connectivity index (χ1v) is 11.1. The van der Waals surface area contributed by atoms with Gasteiger partial charge in [0.25, 0.3) is 5.91 Å². The largest absolute Gasteiger partial charge is 0.351 e. The Kier molecular flexibility index (Phi) is 7.07. The molecule has 1 atom stereocenters. The molecule has 4 rings (SSSR count). The molecule has 1 N–H and O–H groups in total. The van der Waals surface area contributed by atoms with Crippen molar-refractivity contribution in [2.75, 3.05) is 4.90 Å². The predicted octanol–water partition coefficient (Wildman–Crippen LogP) is 5.20. The molecule has 0 radical (unpaired) electrons. The Hall–Kier alpha value is -3.61. The van der Waals surface area contributed by atoms with Crippen LogP contribution >= 0.6 is 0 Å². The number of aromatic nitrogens is 1. The second-order valence-electron chi connectivity index (χ2n) is 8.17. The van der Waals surface area contributed by atoms with Gasteiger partial charge in [0.2, 0.25) is 5.91 Å².